The fraction of sp³-hybridized carbons (Fsp3) is 0.130. The minimum absolute atomic E-state index is 0.153. The highest BCUT2D eigenvalue weighted by atomic mass is 32.1. The van der Waals surface area contributed by atoms with E-state index in [1.807, 2.05) is 36.5 Å². The van der Waals surface area contributed by atoms with Gasteiger partial charge < -0.3 is 10.6 Å². The molecule has 0 fully saturated rings. The van der Waals surface area contributed by atoms with E-state index in [1.165, 1.54) is 23.5 Å². The summed E-state index contributed by atoms with van der Waals surface area (Å²) in [6.45, 7) is 0.555. The van der Waals surface area contributed by atoms with Gasteiger partial charge >= 0.3 is 0 Å². The Morgan fingerprint density at radius 2 is 1.75 bits per heavy atom. The molecular formula is C23H20FN5O2S. The molecule has 0 aliphatic carbocycles. The summed E-state index contributed by atoms with van der Waals surface area (Å²) in [6, 6.07) is 15.5. The van der Waals surface area contributed by atoms with Crippen LogP contribution in [0.2, 0.25) is 0 Å². The lowest BCUT2D eigenvalue weighted by molar-refractivity contribution is -0.120. The van der Waals surface area contributed by atoms with Gasteiger partial charge in [0.15, 0.2) is 0 Å². The van der Waals surface area contributed by atoms with Gasteiger partial charge in [-0.05, 0) is 29.8 Å². The number of rotatable bonds is 8. The Bertz CT molecular complexity index is 1200. The van der Waals surface area contributed by atoms with Crippen molar-refractivity contribution in [1.82, 2.24) is 25.4 Å². The lowest BCUT2D eigenvalue weighted by atomic mass is 10.1. The summed E-state index contributed by atoms with van der Waals surface area (Å²) < 4.78 is 14.7. The second-order valence-electron chi connectivity index (χ2n) is 6.96. The Labute approximate surface area is 187 Å². The third kappa shape index (κ3) is 5.44. The van der Waals surface area contributed by atoms with Gasteiger partial charge in [0.05, 0.1) is 18.3 Å². The van der Waals surface area contributed by atoms with E-state index < -0.39 is 0 Å². The Morgan fingerprint density at radius 1 is 1.00 bits per heavy atom. The van der Waals surface area contributed by atoms with E-state index >= 15 is 0 Å². The topological polar surface area (TPSA) is 88.9 Å². The summed E-state index contributed by atoms with van der Waals surface area (Å²) in [6.07, 6.45) is 3.73. The van der Waals surface area contributed by atoms with Crippen LogP contribution in [-0.2, 0) is 11.2 Å². The molecule has 2 aromatic carbocycles. The van der Waals surface area contributed by atoms with Crippen LogP contribution >= 0.6 is 11.3 Å². The highest BCUT2D eigenvalue weighted by Gasteiger charge is 2.13. The maximum atomic E-state index is 12.9. The van der Waals surface area contributed by atoms with Gasteiger partial charge in [-0.25, -0.2) is 14.1 Å². The van der Waals surface area contributed by atoms with E-state index in [1.54, 1.807) is 28.4 Å². The molecule has 9 heteroatoms. The number of halogens is 1. The molecule has 0 radical (unpaired) electrons. The van der Waals surface area contributed by atoms with Crippen molar-refractivity contribution in [1.29, 1.82) is 0 Å². The maximum absolute atomic E-state index is 12.9. The molecule has 4 aromatic rings. The van der Waals surface area contributed by atoms with Crippen LogP contribution in [0.15, 0.2) is 72.4 Å². The van der Waals surface area contributed by atoms with Gasteiger partial charge in [-0.1, -0.05) is 30.3 Å². The minimum Gasteiger partial charge on any atom is -0.354 e. The summed E-state index contributed by atoms with van der Waals surface area (Å²) in [4.78, 5) is 28.7. The van der Waals surface area contributed by atoms with Crippen molar-refractivity contribution in [3.63, 3.8) is 0 Å². The van der Waals surface area contributed by atoms with Gasteiger partial charge in [-0.2, -0.15) is 5.10 Å². The first-order valence-electron chi connectivity index (χ1n) is 9.94. The first-order chi connectivity index (χ1) is 15.6. The number of aromatic nitrogens is 3. The van der Waals surface area contributed by atoms with Crippen LogP contribution < -0.4 is 10.6 Å². The highest BCUT2D eigenvalue weighted by Crippen LogP contribution is 2.24. The first kappa shape index (κ1) is 21.4. The monoisotopic (exact) mass is 449 g/mol. The Balaban J connectivity index is 1.25. The quantitative estimate of drug-likeness (QED) is 0.404. The van der Waals surface area contributed by atoms with Crippen molar-refractivity contribution in [3.05, 3.63) is 89.4 Å². The van der Waals surface area contributed by atoms with E-state index in [9.17, 15) is 14.0 Å². The number of amides is 2. The summed E-state index contributed by atoms with van der Waals surface area (Å²) in [7, 11) is 0. The predicted octanol–water partition coefficient (Wildman–Crippen LogP) is 3.22. The van der Waals surface area contributed by atoms with Crippen LogP contribution in [0.5, 0.6) is 0 Å². The molecule has 0 bridgehead atoms. The van der Waals surface area contributed by atoms with E-state index in [4.69, 9.17) is 0 Å². The number of carbonyl (C=O) groups is 2. The molecule has 0 saturated carbocycles. The number of carbonyl (C=O) groups excluding carboxylic acids is 2. The van der Waals surface area contributed by atoms with Crippen molar-refractivity contribution in [2.45, 2.75) is 6.42 Å². The number of nitrogens with zero attached hydrogens (tertiary/aromatic N) is 3. The summed E-state index contributed by atoms with van der Waals surface area (Å²) in [5.41, 5.74) is 2.80. The van der Waals surface area contributed by atoms with Crippen molar-refractivity contribution < 1.29 is 14.0 Å². The van der Waals surface area contributed by atoms with E-state index in [0.29, 0.717) is 10.7 Å². The smallest absolute Gasteiger partial charge is 0.270 e. The maximum Gasteiger partial charge on any atom is 0.270 e. The summed E-state index contributed by atoms with van der Waals surface area (Å²) in [5.74, 6) is -0.847. The molecule has 0 aliphatic heterocycles. The zero-order chi connectivity index (χ0) is 22.3. The normalized spacial score (nSPS) is 10.7. The van der Waals surface area contributed by atoms with Crippen LogP contribution in [-0.4, -0.2) is 39.7 Å². The van der Waals surface area contributed by atoms with Gasteiger partial charge in [0.1, 0.15) is 16.5 Å². The van der Waals surface area contributed by atoms with Gasteiger partial charge in [0, 0.05) is 30.2 Å². The summed E-state index contributed by atoms with van der Waals surface area (Å²) >= 11 is 1.36. The van der Waals surface area contributed by atoms with Crippen LogP contribution in [0, 0.1) is 5.82 Å². The molecule has 32 heavy (non-hydrogen) atoms. The molecule has 0 atom stereocenters. The fourth-order valence-corrected chi connectivity index (χ4v) is 3.76. The number of nitrogens with one attached hydrogen (secondary N) is 2. The third-order valence-electron chi connectivity index (χ3n) is 4.60. The molecule has 0 unspecified atom stereocenters. The number of benzene rings is 2. The molecule has 2 N–H and O–H groups in total. The van der Waals surface area contributed by atoms with E-state index in [2.05, 4.69) is 20.7 Å². The van der Waals surface area contributed by atoms with Crippen LogP contribution in [0.4, 0.5) is 4.39 Å². The van der Waals surface area contributed by atoms with Crippen LogP contribution in [0.25, 0.3) is 16.3 Å². The average Bonchev–Trinajstić information content (AvgIpc) is 3.49. The lowest BCUT2D eigenvalue weighted by Crippen LogP contribution is -2.35. The van der Waals surface area contributed by atoms with Crippen LogP contribution in [0.3, 0.4) is 0 Å². The number of hydrogen-bond donors (Lipinski definition) is 2. The van der Waals surface area contributed by atoms with Gasteiger partial charge in [-0.15, -0.1) is 11.3 Å². The zero-order valence-corrected chi connectivity index (χ0v) is 17.8. The zero-order valence-electron chi connectivity index (χ0n) is 17.0. The van der Waals surface area contributed by atoms with Gasteiger partial charge in [0.2, 0.25) is 5.91 Å². The molecule has 7 nitrogen and oxygen atoms in total. The molecule has 0 saturated heterocycles. The van der Waals surface area contributed by atoms with Crippen LogP contribution in [0.1, 0.15) is 16.1 Å². The fourth-order valence-electron chi connectivity index (χ4n) is 2.98. The molecule has 0 spiro atoms. The van der Waals surface area contributed by atoms with E-state index in [0.717, 1.165) is 16.8 Å². The molecule has 162 valence electrons. The summed E-state index contributed by atoms with van der Waals surface area (Å²) in [5, 5.41) is 12.2. The Kier molecular flexibility index (Phi) is 6.66. The second kappa shape index (κ2) is 9.97. The minimum atomic E-state index is -0.341. The number of thiazole rings is 1. The highest BCUT2D eigenvalue weighted by molar-refractivity contribution is 7.13. The standard InChI is InChI=1S/C23H20FN5O2S/c24-18-8-6-16(7-9-18)12-21(30)25-10-11-26-22(31)20-15-32-23(28-20)17-13-27-29(14-17)19-4-2-1-3-5-19/h1-9,13-15H,10-12H2,(H,25,30)(H,26,31). The van der Waals surface area contributed by atoms with Gasteiger partial charge in [0.25, 0.3) is 5.91 Å². The molecule has 2 heterocycles. The average molecular weight is 450 g/mol. The Morgan fingerprint density at radius 3 is 2.53 bits per heavy atom. The van der Waals surface area contributed by atoms with Crippen molar-refractivity contribution in [3.8, 4) is 16.3 Å². The first-order valence-corrected chi connectivity index (χ1v) is 10.8. The van der Waals surface area contributed by atoms with Crippen molar-refractivity contribution in [2.24, 2.45) is 0 Å². The Hall–Kier alpha value is -3.85. The SMILES string of the molecule is O=C(Cc1ccc(F)cc1)NCCNC(=O)c1csc(-c2cnn(-c3ccccc3)c2)n1. The number of hydrogen-bond acceptors (Lipinski definition) is 5. The molecule has 2 amide bonds. The molecule has 2 aromatic heterocycles. The van der Waals surface area contributed by atoms with Crippen molar-refractivity contribution >= 4 is 23.2 Å². The third-order valence-corrected chi connectivity index (χ3v) is 5.49. The molecular weight excluding hydrogens is 429 g/mol. The lowest BCUT2D eigenvalue weighted by Gasteiger charge is -2.06. The van der Waals surface area contributed by atoms with Crippen molar-refractivity contribution in [2.75, 3.05) is 13.1 Å². The largest absolute Gasteiger partial charge is 0.354 e. The molecule has 0 aliphatic rings. The number of para-hydroxylation sites is 1. The predicted molar refractivity (Wildman–Crippen MR) is 120 cm³/mol. The second-order valence-corrected chi connectivity index (χ2v) is 7.81. The van der Waals surface area contributed by atoms with Gasteiger partial charge in [-0.3, -0.25) is 9.59 Å². The van der Waals surface area contributed by atoms with E-state index in [-0.39, 0.29) is 37.1 Å². The molecule has 4 rings (SSSR count).